The molecule has 4 rings (SSSR count). The summed E-state index contributed by atoms with van der Waals surface area (Å²) in [5.41, 5.74) is 2.34. The lowest BCUT2D eigenvalue weighted by Crippen LogP contribution is -2.44. The van der Waals surface area contributed by atoms with Gasteiger partial charge < -0.3 is 25.0 Å². The maximum absolute atomic E-state index is 14.0. The minimum absolute atomic E-state index is 0.182. The van der Waals surface area contributed by atoms with Gasteiger partial charge in [-0.2, -0.15) is 0 Å². The molecule has 1 aromatic carbocycles. The van der Waals surface area contributed by atoms with Crippen molar-refractivity contribution in [2.24, 2.45) is 4.99 Å². The van der Waals surface area contributed by atoms with Gasteiger partial charge in [-0.25, -0.2) is 9.37 Å². The molecule has 7 nitrogen and oxygen atoms in total. The highest BCUT2D eigenvalue weighted by Crippen LogP contribution is 2.20. The van der Waals surface area contributed by atoms with Crippen molar-refractivity contribution in [2.45, 2.75) is 44.6 Å². The zero-order chi connectivity index (χ0) is 22.2. The van der Waals surface area contributed by atoms with E-state index in [-0.39, 0.29) is 11.9 Å². The van der Waals surface area contributed by atoms with E-state index in [1.54, 1.807) is 19.3 Å². The number of hydrogen-bond donors (Lipinski definition) is 2. The van der Waals surface area contributed by atoms with Crippen LogP contribution in [0.25, 0.3) is 0 Å². The molecule has 172 valence electrons. The first-order chi connectivity index (χ1) is 15.7. The Balaban J connectivity index is 1.24. The average molecular weight is 442 g/mol. The minimum Gasteiger partial charge on any atom is -0.381 e. The monoisotopic (exact) mass is 441 g/mol. The van der Waals surface area contributed by atoms with Crippen LogP contribution in [-0.2, 0) is 22.6 Å². The molecule has 32 heavy (non-hydrogen) atoms. The highest BCUT2D eigenvalue weighted by molar-refractivity contribution is 5.80. The van der Waals surface area contributed by atoms with Crippen LogP contribution in [0.2, 0.25) is 0 Å². The summed E-state index contributed by atoms with van der Waals surface area (Å²) in [6.45, 7) is 4.31. The Morgan fingerprint density at radius 2 is 2.06 bits per heavy atom. The molecule has 0 aliphatic carbocycles. The van der Waals surface area contributed by atoms with Gasteiger partial charge in [0.1, 0.15) is 0 Å². The molecule has 2 fully saturated rings. The lowest BCUT2D eigenvalue weighted by Gasteiger charge is -2.22. The van der Waals surface area contributed by atoms with E-state index in [9.17, 15) is 4.39 Å². The zero-order valence-corrected chi connectivity index (χ0v) is 18.6. The molecule has 0 amide bonds. The average Bonchev–Trinajstić information content (AvgIpc) is 3.30. The molecule has 1 aromatic heterocycles. The van der Waals surface area contributed by atoms with Gasteiger partial charge in [-0.15, -0.1) is 0 Å². The van der Waals surface area contributed by atoms with E-state index in [0.717, 1.165) is 45.0 Å². The van der Waals surface area contributed by atoms with Crippen LogP contribution in [0.1, 0.15) is 30.4 Å². The lowest BCUT2D eigenvalue weighted by atomic mass is 10.1. The Morgan fingerprint density at radius 3 is 2.88 bits per heavy atom. The summed E-state index contributed by atoms with van der Waals surface area (Å²) < 4.78 is 25.5. The van der Waals surface area contributed by atoms with E-state index in [1.165, 1.54) is 17.2 Å². The smallest absolute Gasteiger partial charge is 0.191 e. The second kappa shape index (κ2) is 11.2. The van der Waals surface area contributed by atoms with E-state index in [0.29, 0.717) is 31.6 Å². The molecular formula is C24H32FN5O2. The first kappa shape index (κ1) is 22.5. The summed E-state index contributed by atoms with van der Waals surface area (Å²) in [6, 6.07) is 11.7. The maximum Gasteiger partial charge on any atom is 0.191 e. The number of rotatable bonds is 7. The van der Waals surface area contributed by atoms with Gasteiger partial charge in [0, 0.05) is 52.1 Å². The molecule has 1 unspecified atom stereocenters. The number of nitrogens with one attached hydrogen (secondary N) is 2. The van der Waals surface area contributed by atoms with E-state index in [1.807, 2.05) is 4.90 Å². The Bertz CT molecular complexity index is 903. The van der Waals surface area contributed by atoms with E-state index in [2.05, 4.69) is 44.9 Å². The molecule has 1 atom stereocenters. The molecule has 3 heterocycles. The Kier molecular flexibility index (Phi) is 7.90. The Morgan fingerprint density at radius 1 is 1.22 bits per heavy atom. The highest BCUT2D eigenvalue weighted by atomic mass is 19.1. The molecule has 8 heteroatoms. The van der Waals surface area contributed by atoms with Crippen LogP contribution in [-0.4, -0.2) is 56.4 Å². The second-order valence-corrected chi connectivity index (χ2v) is 8.25. The van der Waals surface area contributed by atoms with Crippen LogP contribution >= 0.6 is 0 Å². The molecule has 2 N–H and O–H groups in total. The molecular weight excluding hydrogens is 409 g/mol. The molecule has 0 radical (unpaired) electrons. The quantitative estimate of drug-likeness (QED) is 0.509. The predicted molar refractivity (Wildman–Crippen MR) is 123 cm³/mol. The number of ether oxygens (including phenoxy) is 2. The van der Waals surface area contributed by atoms with Crippen LogP contribution in [0, 0.1) is 5.82 Å². The zero-order valence-electron chi connectivity index (χ0n) is 18.6. The van der Waals surface area contributed by atoms with Crippen molar-refractivity contribution in [3.63, 3.8) is 0 Å². The third-order valence-electron chi connectivity index (χ3n) is 5.90. The van der Waals surface area contributed by atoms with Crippen molar-refractivity contribution < 1.29 is 13.9 Å². The van der Waals surface area contributed by atoms with Crippen molar-refractivity contribution in [2.75, 3.05) is 38.3 Å². The second-order valence-electron chi connectivity index (χ2n) is 8.25. The fourth-order valence-corrected chi connectivity index (χ4v) is 4.14. The number of hydrogen-bond acceptors (Lipinski definition) is 5. The number of halogens is 1. The van der Waals surface area contributed by atoms with E-state index in [4.69, 9.17) is 9.47 Å². The molecule has 2 aliphatic heterocycles. The van der Waals surface area contributed by atoms with Crippen molar-refractivity contribution in [1.29, 1.82) is 0 Å². The number of guanidine groups is 1. The van der Waals surface area contributed by atoms with E-state index >= 15 is 0 Å². The molecule has 0 saturated carbocycles. The van der Waals surface area contributed by atoms with Gasteiger partial charge >= 0.3 is 0 Å². The third-order valence-corrected chi connectivity index (χ3v) is 5.90. The number of anilines is 1. The first-order valence-corrected chi connectivity index (χ1v) is 11.3. The highest BCUT2D eigenvalue weighted by Gasteiger charge is 2.25. The number of benzene rings is 1. The van der Waals surface area contributed by atoms with Gasteiger partial charge in [-0.05, 0) is 42.5 Å². The van der Waals surface area contributed by atoms with Gasteiger partial charge in [0.25, 0.3) is 0 Å². The molecule has 0 spiro atoms. The van der Waals surface area contributed by atoms with Gasteiger partial charge in [-0.3, -0.25) is 4.99 Å². The fourth-order valence-electron chi connectivity index (χ4n) is 4.14. The Hall–Kier alpha value is -2.71. The summed E-state index contributed by atoms with van der Waals surface area (Å²) in [6.07, 6.45) is 4.75. The van der Waals surface area contributed by atoms with Gasteiger partial charge in [0.15, 0.2) is 17.6 Å². The summed E-state index contributed by atoms with van der Waals surface area (Å²) in [5.74, 6) is 0.873. The van der Waals surface area contributed by atoms with Crippen LogP contribution in [0.15, 0.2) is 47.6 Å². The maximum atomic E-state index is 14.0. The SMILES string of the molecule is CN=C(NCc1cccc(COC2CCOCC2)c1)NC1CCN(c2ncccc2F)C1. The molecule has 2 aliphatic rings. The van der Waals surface area contributed by atoms with Crippen LogP contribution in [0.4, 0.5) is 10.2 Å². The van der Waals surface area contributed by atoms with Gasteiger partial charge in [-0.1, -0.05) is 24.3 Å². The minimum atomic E-state index is -0.281. The number of aromatic nitrogens is 1. The molecule has 0 bridgehead atoms. The summed E-state index contributed by atoms with van der Waals surface area (Å²) in [5, 5.41) is 6.83. The van der Waals surface area contributed by atoms with Crippen molar-refractivity contribution in [3.8, 4) is 0 Å². The van der Waals surface area contributed by atoms with Gasteiger partial charge in [0.2, 0.25) is 0 Å². The van der Waals surface area contributed by atoms with Crippen LogP contribution in [0.5, 0.6) is 0 Å². The summed E-state index contributed by atoms with van der Waals surface area (Å²) in [7, 11) is 1.76. The van der Waals surface area contributed by atoms with Crippen molar-refractivity contribution in [3.05, 3.63) is 59.5 Å². The van der Waals surface area contributed by atoms with Crippen molar-refractivity contribution in [1.82, 2.24) is 15.6 Å². The predicted octanol–water partition coefficient (Wildman–Crippen LogP) is 2.86. The number of pyridine rings is 1. The Labute approximate surface area is 189 Å². The number of nitrogens with zero attached hydrogens (tertiary/aromatic N) is 3. The fraction of sp³-hybridized carbons (Fsp3) is 0.500. The normalized spacial score (nSPS) is 19.9. The molecule has 2 aromatic rings. The van der Waals surface area contributed by atoms with Crippen LogP contribution < -0.4 is 15.5 Å². The number of aliphatic imine (C=N–C) groups is 1. The van der Waals surface area contributed by atoms with Crippen LogP contribution in [0.3, 0.4) is 0 Å². The molecule has 2 saturated heterocycles. The summed E-state index contributed by atoms with van der Waals surface area (Å²) in [4.78, 5) is 10.5. The summed E-state index contributed by atoms with van der Waals surface area (Å²) >= 11 is 0. The van der Waals surface area contributed by atoms with Gasteiger partial charge in [0.05, 0.1) is 12.7 Å². The topological polar surface area (TPSA) is 71.0 Å². The largest absolute Gasteiger partial charge is 0.381 e. The third kappa shape index (κ3) is 6.17. The standard InChI is InChI=1S/C24H32FN5O2/c1-26-24(29-20-7-11-30(16-20)23-22(25)6-3-10-27-23)28-15-18-4-2-5-19(14-18)17-32-21-8-12-31-13-9-21/h2-6,10,14,20-21H,7-9,11-13,15-17H2,1H3,(H2,26,28,29). The lowest BCUT2D eigenvalue weighted by molar-refractivity contribution is -0.0390. The van der Waals surface area contributed by atoms with Crippen molar-refractivity contribution >= 4 is 11.8 Å². The first-order valence-electron chi connectivity index (χ1n) is 11.3. The van der Waals surface area contributed by atoms with E-state index < -0.39 is 0 Å².